The van der Waals surface area contributed by atoms with E-state index in [1.807, 2.05) is 0 Å². The van der Waals surface area contributed by atoms with Crippen LogP contribution in [0, 0.1) is 0 Å². The normalized spacial score (nSPS) is 13.1. The average Bonchev–Trinajstić information content (AvgIpc) is 3.12. The van der Waals surface area contributed by atoms with Crippen LogP contribution < -0.4 is 0 Å². The lowest BCUT2D eigenvalue weighted by atomic mass is 10.1. The quantitative estimate of drug-likeness (QED) is 0.0406. The number of ether oxygens (including phenoxy) is 2. The van der Waals surface area contributed by atoms with Gasteiger partial charge in [0.1, 0.15) is 6.61 Å². The first-order valence-corrected chi connectivity index (χ1v) is 20.1. The van der Waals surface area contributed by atoms with Crippen molar-refractivity contribution in [3.8, 4) is 0 Å². The number of allylic oxidation sites excluding steroid dienone is 14. The van der Waals surface area contributed by atoms with Crippen molar-refractivity contribution in [1.29, 1.82) is 0 Å². The molecule has 50 heavy (non-hydrogen) atoms. The smallest absolute Gasteiger partial charge is 0.306 e. The SMILES string of the molecule is CC/C=C\C/C=C\C/C=C\C/C=C\C/C=C\C/C=C\C/C=C\CCCCCCCC(=O)OC(CO)COC(=O)CCCCCCCCCCC. The van der Waals surface area contributed by atoms with Gasteiger partial charge in [0.05, 0.1) is 6.61 Å². The molecule has 0 aliphatic carbocycles. The summed E-state index contributed by atoms with van der Waals surface area (Å²) in [5.74, 6) is -0.623. The van der Waals surface area contributed by atoms with E-state index < -0.39 is 6.10 Å². The zero-order chi connectivity index (χ0) is 36.4. The maximum absolute atomic E-state index is 12.2. The molecule has 0 aromatic carbocycles. The molecule has 0 aliphatic rings. The molecular formula is C45H74O5. The molecule has 0 rings (SSSR count). The van der Waals surface area contributed by atoms with Gasteiger partial charge in [0.15, 0.2) is 6.10 Å². The van der Waals surface area contributed by atoms with E-state index in [0.29, 0.717) is 12.8 Å². The molecule has 0 heterocycles. The Kier molecular flexibility index (Phi) is 38.1. The van der Waals surface area contributed by atoms with Gasteiger partial charge in [-0.05, 0) is 70.6 Å². The van der Waals surface area contributed by atoms with Crippen molar-refractivity contribution in [3.63, 3.8) is 0 Å². The Balaban J connectivity index is 3.65. The van der Waals surface area contributed by atoms with Crippen molar-refractivity contribution in [2.45, 2.75) is 174 Å². The summed E-state index contributed by atoms with van der Waals surface area (Å²) in [5.41, 5.74) is 0. The Morgan fingerprint density at radius 2 is 0.860 bits per heavy atom. The Labute approximate surface area is 307 Å². The first-order chi connectivity index (χ1) is 24.6. The second-order valence-corrected chi connectivity index (χ2v) is 13.0. The zero-order valence-electron chi connectivity index (χ0n) is 32.1. The summed E-state index contributed by atoms with van der Waals surface area (Å²) >= 11 is 0. The molecule has 0 aromatic heterocycles. The standard InChI is InChI=1S/C45H74O5/c1-3-5-7-9-11-13-14-15-16-17-18-19-20-21-22-23-24-25-26-27-28-29-30-32-34-36-38-40-45(48)50-43(41-46)42-49-44(47)39-37-35-33-31-12-10-8-6-4-2/h5,7,11,13,15-16,18-19,21-22,24-25,27-28,43,46H,3-4,6,8-10,12,14,17,20,23,26,29-42H2,1-2H3/b7-5-,13-11-,16-15-,19-18-,22-21-,25-24-,28-27-. The summed E-state index contributed by atoms with van der Waals surface area (Å²) in [4.78, 5) is 24.2. The predicted octanol–water partition coefficient (Wildman–Crippen LogP) is 12.7. The molecule has 1 N–H and O–H groups in total. The van der Waals surface area contributed by atoms with E-state index in [4.69, 9.17) is 9.47 Å². The number of aliphatic hydroxyl groups is 1. The molecule has 5 nitrogen and oxygen atoms in total. The van der Waals surface area contributed by atoms with Gasteiger partial charge in [-0.25, -0.2) is 0 Å². The molecule has 0 aliphatic heterocycles. The third kappa shape index (κ3) is 37.9. The molecule has 0 spiro atoms. The van der Waals surface area contributed by atoms with Gasteiger partial charge in [-0.1, -0.05) is 170 Å². The van der Waals surface area contributed by atoms with E-state index in [1.54, 1.807) is 0 Å². The summed E-state index contributed by atoms with van der Waals surface area (Å²) < 4.78 is 10.6. The average molecular weight is 695 g/mol. The fourth-order valence-corrected chi connectivity index (χ4v) is 5.18. The molecule has 0 fully saturated rings. The lowest BCUT2D eigenvalue weighted by molar-refractivity contribution is -0.161. The van der Waals surface area contributed by atoms with Crippen LogP contribution in [0.2, 0.25) is 0 Å². The van der Waals surface area contributed by atoms with Crippen LogP contribution in [0.25, 0.3) is 0 Å². The van der Waals surface area contributed by atoms with Crippen molar-refractivity contribution >= 4 is 11.9 Å². The first kappa shape index (κ1) is 47.1. The molecule has 284 valence electrons. The van der Waals surface area contributed by atoms with Gasteiger partial charge < -0.3 is 14.6 Å². The highest BCUT2D eigenvalue weighted by Gasteiger charge is 2.16. The molecule has 1 atom stereocenters. The van der Waals surface area contributed by atoms with Gasteiger partial charge in [-0.2, -0.15) is 0 Å². The molecule has 0 bridgehead atoms. The Bertz CT molecular complexity index is 968. The van der Waals surface area contributed by atoms with Crippen LogP contribution in [0.3, 0.4) is 0 Å². The summed E-state index contributed by atoms with van der Waals surface area (Å²) in [6, 6.07) is 0. The molecule has 0 radical (unpaired) electrons. The molecule has 5 heteroatoms. The topological polar surface area (TPSA) is 72.8 Å². The molecule has 0 amide bonds. The van der Waals surface area contributed by atoms with Crippen LogP contribution in [-0.2, 0) is 19.1 Å². The number of aliphatic hydroxyl groups excluding tert-OH is 1. The van der Waals surface area contributed by atoms with E-state index in [2.05, 4.69) is 98.9 Å². The zero-order valence-corrected chi connectivity index (χ0v) is 32.1. The first-order valence-electron chi connectivity index (χ1n) is 20.1. The summed E-state index contributed by atoms with van der Waals surface area (Å²) in [7, 11) is 0. The van der Waals surface area contributed by atoms with Crippen LogP contribution in [-0.4, -0.2) is 36.4 Å². The van der Waals surface area contributed by atoms with Crippen LogP contribution in [0.5, 0.6) is 0 Å². The van der Waals surface area contributed by atoms with Crippen molar-refractivity contribution in [3.05, 3.63) is 85.1 Å². The Hall–Kier alpha value is -2.92. The minimum atomic E-state index is -0.783. The van der Waals surface area contributed by atoms with E-state index in [-0.39, 0.29) is 25.2 Å². The second-order valence-electron chi connectivity index (χ2n) is 13.0. The molecule has 1 unspecified atom stereocenters. The van der Waals surface area contributed by atoms with Crippen molar-refractivity contribution in [2.75, 3.05) is 13.2 Å². The van der Waals surface area contributed by atoms with Crippen molar-refractivity contribution in [2.24, 2.45) is 0 Å². The van der Waals surface area contributed by atoms with E-state index >= 15 is 0 Å². The number of hydrogen-bond acceptors (Lipinski definition) is 5. The van der Waals surface area contributed by atoms with Crippen LogP contribution in [0.15, 0.2) is 85.1 Å². The van der Waals surface area contributed by atoms with Gasteiger partial charge in [0, 0.05) is 12.8 Å². The highest BCUT2D eigenvalue weighted by Crippen LogP contribution is 2.12. The Morgan fingerprint density at radius 1 is 0.480 bits per heavy atom. The van der Waals surface area contributed by atoms with Gasteiger partial charge >= 0.3 is 11.9 Å². The third-order valence-corrected chi connectivity index (χ3v) is 8.20. The van der Waals surface area contributed by atoms with Crippen molar-refractivity contribution < 1.29 is 24.2 Å². The second kappa shape index (κ2) is 40.5. The van der Waals surface area contributed by atoms with Crippen LogP contribution >= 0.6 is 0 Å². The number of hydrogen-bond donors (Lipinski definition) is 1. The van der Waals surface area contributed by atoms with Crippen LogP contribution in [0.4, 0.5) is 0 Å². The summed E-state index contributed by atoms with van der Waals surface area (Å²) in [6.07, 6.45) is 55.1. The lowest BCUT2D eigenvalue weighted by Crippen LogP contribution is -2.28. The highest BCUT2D eigenvalue weighted by atomic mass is 16.6. The van der Waals surface area contributed by atoms with Crippen molar-refractivity contribution in [1.82, 2.24) is 0 Å². The number of rotatable bonds is 35. The number of carbonyl (C=O) groups excluding carboxylic acids is 2. The maximum atomic E-state index is 12.2. The Morgan fingerprint density at radius 3 is 1.30 bits per heavy atom. The third-order valence-electron chi connectivity index (χ3n) is 8.20. The van der Waals surface area contributed by atoms with Crippen LogP contribution in [0.1, 0.15) is 168 Å². The number of carbonyl (C=O) groups is 2. The number of unbranched alkanes of at least 4 members (excludes halogenated alkanes) is 13. The molecule has 0 aromatic rings. The van der Waals surface area contributed by atoms with Gasteiger partial charge in [-0.3, -0.25) is 9.59 Å². The summed E-state index contributed by atoms with van der Waals surface area (Å²) in [6.45, 7) is 3.97. The van der Waals surface area contributed by atoms with Gasteiger partial charge in [0.25, 0.3) is 0 Å². The fourth-order valence-electron chi connectivity index (χ4n) is 5.18. The minimum absolute atomic E-state index is 0.0773. The minimum Gasteiger partial charge on any atom is -0.462 e. The molecule has 0 saturated carbocycles. The highest BCUT2D eigenvalue weighted by molar-refractivity contribution is 5.70. The number of esters is 2. The molecule has 0 saturated heterocycles. The largest absolute Gasteiger partial charge is 0.462 e. The molecular weight excluding hydrogens is 620 g/mol. The lowest BCUT2D eigenvalue weighted by Gasteiger charge is -2.15. The van der Waals surface area contributed by atoms with Gasteiger partial charge in [-0.15, -0.1) is 0 Å². The predicted molar refractivity (Wildman–Crippen MR) is 214 cm³/mol. The van der Waals surface area contributed by atoms with E-state index in [1.165, 1.54) is 38.5 Å². The summed E-state index contributed by atoms with van der Waals surface area (Å²) in [5, 5.41) is 9.53. The monoisotopic (exact) mass is 695 g/mol. The maximum Gasteiger partial charge on any atom is 0.306 e. The van der Waals surface area contributed by atoms with Gasteiger partial charge in [0.2, 0.25) is 0 Å². The fraction of sp³-hybridized carbons (Fsp3) is 0.644. The van der Waals surface area contributed by atoms with E-state index in [9.17, 15) is 14.7 Å². The van der Waals surface area contributed by atoms with E-state index in [0.717, 1.165) is 103 Å².